The molecule has 7 heteroatoms. The molecule has 21 heavy (non-hydrogen) atoms. The predicted molar refractivity (Wildman–Crippen MR) is 78.4 cm³/mol. The minimum atomic E-state index is -0.714. The summed E-state index contributed by atoms with van der Waals surface area (Å²) in [4.78, 5) is 10.3. The fraction of sp³-hybridized carbons (Fsp3) is 0.143. The zero-order valence-electron chi connectivity index (χ0n) is 10.8. The Kier molecular flexibility index (Phi) is 4.59. The number of halogens is 2. The van der Waals surface area contributed by atoms with E-state index in [0.717, 1.165) is 17.7 Å². The number of hydrogen-bond donors (Lipinski definition) is 2. The lowest BCUT2D eigenvalue weighted by molar-refractivity contribution is -0.384. The maximum absolute atomic E-state index is 13.4. The number of nitro groups is 1. The molecule has 0 amide bonds. The summed E-state index contributed by atoms with van der Waals surface area (Å²) < 4.78 is 13.4. The van der Waals surface area contributed by atoms with Gasteiger partial charge in [0.15, 0.2) is 0 Å². The number of nitrogens with one attached hydrogen (secondary N) is 1. The number of hydrogen-bond acceptors (Lipinski definition) is 4. The van der Waals surface area contributed by atoms with Gasteiger partial charge in [0.05, 0.1) is 9.95 Å². The van der Waals surface area contributed by atoms with Crippen molar-refractivity contribution in [2.75, 3.05) is 11.9 Å². The van der Waals surface area contributed by atoms with E-state index in [9.17, 15) is 14.5 Å². The third-order valence-corrected chi connectivity index (χ3v) is 3.19. The van der Waals surface area contributed by atoms with Crippen molar-refractivity contribution in [3.63, 3.8) is 0 Å². The van der Waals surface area contributed by atoms with Crippen LogP contribution in [0.3, 0.4) is 0 Å². The van der Waals surface area contributed by atoms with Crippen LogP contribution < -0.4 is 5.32 Å². The first-order chi connectivity index (χ1) is 9.97. The topological polar surface area (TPSA) is 75.4 Å². The van der Waals surface area contributed by atoms with Gasteiger partial charge in [-0.25, -0.2) is 4.39 Å². The highest BCUT2D eigenvalue weighted by Gasteiger charge is 2.17. The van der Waals surface area contributed by atoms with Crippen LogP contribution in [0.1, 0.15) is 5.56 Å². The number of aromatic hydroxyl groups is 1. The summed E-state index contributed by atoms with van der Waals surface area (Å²) in [5.74, 6) is -0.545. The molecule has 5 nitrogen and oxygen atoms in total. The highest BCUT2D eigenvalue weighted by atomic mass is 35.5. The van der Waals surface area contributed by atoms with Gasteiger partial charge < -0.3 is 10.4 Å². The number of benzene rings is 2. The van der Waals surface area contributed by atoms with Crippen LogP contribution in [0, 0.1) is 15.9 Å². The van der Waals surface area contributed by atoms with E-state index in [1.807, 2.05) is 0 Å². The molecule has 2 aromatic carbocycles. The van der Waals surface area contributed by atoms with E-state index in [4.69, 9.17) is 16.7 Å². The van der Waals surface area contributed by atoms with Crippen LogP contribution in [0.5, 0.6) is 5.75 Å². The molecular formula is C14H12ClFN2O3. The van der Waals surface area contributed by atoms with Crippen molar-refractivity contribution in [3.8, 4) is 5.75 Å². The largest absolute Gasteiger partial charge is 0.508 e. The fourth-order valence-corrected chi connectivity index (χ4v) is 1.99. The Labute approximate surface area is 125 Å². The lowest BCUT2D eigenvalue weighted by Crippen LogP contribution is -2.07. The lowest BCUT2D eigenvalue weighted by atomic mass is 10.1. The number of phenols is 1. The highest BCUT2D eigenvalue weighted by Crippen LogP contribution is 2.30. The van der Waals surface area contributed by atoms with Gasteiger partial charge in [0, 0.05) is 18.7 Å². The van der Waals surface area contributed by atoms with E-state index < -0.39 is 10.7 Å². The first-order valence-electron chi connectivity index (χ1n) is 6.12. The lowest BCUT2D eigenvalue weighted by Gasteiger charge is -2.08. The average Bonchev–Trinajstić information content (AvgIpc) is 2.44. The summed E-state index contributed by atoms with van der Waals surface area (Å²) in [6, 6.07) is 8.60. The van der Waals surface area contributed by atoms with Crippen molar-refractivity contribution in [2.24, 2.45) is 0 Å². The maximum atomic E-state index is 13.4. The summed E-state index contributed by atoms with van der Waals surface area (Å²) in [6.45, 7) is 0.382. The molecule has 0 saturated heterocycles. The van der Waals surface area contributed by atoms with E-state index >= 15 is 0 Å². The molecule has 2 rings (SSSR count). The molecule has 2 aromatic rings. The van der Waals surface area contributed by atoms with E-state index in [1.54, 1.807) is 24.3 Å². The van der Waals surface area contributed by atoms with Gasteiger partial charge in [0.1, 0.15) is 17.3 Å². The molecule has 0 saturated carbocycles. The molecule has 0 aliphatic rings. The molecule has 0 radical (unpaired) electrons. The zero-order chi connectivity index (χ0) is 15.4. The molecule has 0 unspecified atom stereocenters. The Hall–Kier alpha value is -2.34. The third kappa shape index (κ3) is 3.82. The van der Waals surface area contributed by atoms with Crippen molar-refractivity contribution >= 4 is 23.0 Å². The quantitative estimate of drug-likeness (QED) is 0.651. The van der Waals surface area contributed by atoms with Crippen LogP contribution in [0.2, 0.25) is 5.02 Å². The Morgan fingerprint density at radius 3 is 2.57 bits per heavy atom. The molecule has 2 N–H and O–H groups in total. The Morgan fingerprint density at radius 2 is 1.95 bits per heavy atom. The summed E-state index contributed by atoms with van der Waals surface area (Å²) in [6.07, 6.45) is 0.571. The highest BCUT2D eigenvalue weighted by molar-refractivity contribution is 6.31. The summed E-state index contributed by atoms with van der Waals surface area (Å²) in [5.41, 5.74) is 0.755. The minimum Gasteiger partial charge on any atom is -0.508 e. The van der Waals surface area contributed by atoms with Gasteiger partial charge in [-0.3, -0.25) is 10.1 Å². The minimum absolute atomic E-state index is 0.0840. The molecule has 0 atom stereocenters. The van der Waals surface area contributed by atoms with E-state index in [-0.39, 0.29) is 22.1 Å². The van der Waals surface area contributed by atoms with Gasteiger partial charge >= 0.3 is 0 Å². The van der Waals surface area contributed by atoms with Crippen LogP contribution in [-0.2, 0) is 6.42 Å². The third-order valence-electron chi connectivity index (χ3n) is 2.90. The van der Waals surface area contributed by atoms with Crippen molar-refractivity contribution in [2.45, 2.75) is 6.42 Å². The number of nitrogens with zero attached hydrogens (tertiary/aromatic N) is 1. The van der Waals surface area contributed by atoms with Gasteiger partial charge in [0.25, 0.3) is 5.69 Å². The van der Waals surface area contributed by atoms with Crippen LogP contribution in [0.15, 0.2) is 36.4 Å². The molecule has 0 aliphatic carbocycles. The Balaban J connectivity index is 2.07. The molecule has 0 aliphatic heterocycles. The fourth-order valence-electron chi connectivity index (χ4n) is 1.83. The molecule has 0 spiro atoms. The van der Waals surface area contributed by atoms with Crippen LogP contribution >= 0.6 is 11.6 Å². The first-order valence-corrected chi connectivity index (χ1v) is 6.50. The number of anilines is 1. The van der Waals surface area contributed by atoms with Gasteiger partial charge in [-0.15, -0.1) is 0 Å². The number of rotatable bonds is 5. The van der Waals surface area contributed by atoms with Crippen LogP contribution in [0.25, 0.3) is 0 Å². The summed E-state index contributed by atoms with van der Waals surface area (Å²) >= 11 is 5.54. The smallest absolute Gasteiger partial charge is 0.294 e. The Bertz CT molecular complexity index is 662. The predicted octanol–water partition coefficient (Wildman–Crippen LogP) is 3.75. The molecule has 110 valence electrons. The van der Waals surface area contributed by atoms with E-state index in [0.29, 0.717) is 13.0 Å². The van der Waals surface area contributed by atoms with Gasteiger partial charge in [0.2, 0.25) is 0 Å². The van der Waals surface area contributed by atoms with Crippen molar-refractivity contribution < 1.29 is 14.4 Å². The van der Waals surface area contributed by atoms with Gasteiger partial charge in [-0.1, -0.05) is 23.7 Å². The Morgan fingerprint density at radius 1 is 1.29 bits per heavy atom. The SMILES string of the molecule is O=[N+]([O-])c1cc(Cl)c(F)cc1NCCc1ccc(O)cc1. The molecular weight excluding hydrogens is 299 g/mol. The molecule has 0 aromatic heterocycles. The second kappa shape index (κ2) is 6.41. The summed E-state index contributed by atoms with van der Waals surface area (Å²) in [7, 11) is 0. The van der Waals surface area contributed by atoms with Crippen molar-refractivity contribution in [1.82, 2.24) is 0 Å². The molecule has 0 fully saturated rings. The molecule has 0 heterocycles. The standard InChI is InChI=1S/C14H12ClFN2O3/c15-11-7-14(18(20)21)13(8-12(11)16)17-6-5-9-1-3-10(19)4-2-9/h1-4,7-8,17,19H,5-6H2. The normalized spacial score (nSPS) is 10.4. The monoisotopic (exact) mass is 310 g/mol. The van der Waals surface area contributed by atoms with Crippen LogP contribution in [0.4, 0.5) is 15.8 Å². The molecule has 0 bridgehead atoms. The van der Waals surface area contributed by atoms with E-state index in [2.05, 4.69) is 5.32 Å². The summed E-state index contributed by atoms with van der Waals surface area (Å²) in [5, 5.41) is 22.6. The average molecular weight is 311 g/mol. The second-order valence-corrected chi connectivity index (χ2v) is 4.79. The van der Waals surface area contributed by atoms with E-state index in [1.165, 1.54) is 0 Å². The first kappa shape index (κ1) is 15.1. The second-order valence-electron chi connectivity index (χ2n) is 4.38. The van der Waals surface area contributed by atoms with Gasteiger partial charge in [-0.05, 0) is 24.1 Å². The maximum Gasteiger partial charge on any atom is 0.294 e. The van der Waals surface area contributed by atoms with Crippen LogP contribution in [-0.4, -0.2) is 16.6 Å². The number of phenolic OH excluding ortho intramolecular Hbond substituents is 1. The van der Waals surface area contributed by atoms with Gasteiger partial charge in [-0.2, -0.15) is 0 Å². The van der Waals surface area contributed by atoms with Crippen molar-refractivity contribution in [1.29, 1.82) is 0 Å². The number of nitro benzene ring substituents is 1. The van der Waals surface area contributed by atoms with Crippen molar-refractivity contribution in [3.05, 3.63) is 62.9 Å². The zero-order valence-corrected chi connectivity index (χ0v) is 11.6.